The molecular weight excluding hydrogens is 202 g/mol. The van der Waals surface area contributed by atoms with E-state index in [2.05, 4.69) is 33.0 Å². The molecule has 2 unspecified atom stereocenters. The normalized spacial score (nSPS) is 15.8. The summed E-state index contributed by atoms with van der Waals surface area (Å²) >= 11 is 0. The van der Waals surface area contributed by atoms with Crippen LogP contribution >= 0.6 is 0 Å². The monoisotopic (exact) mass is 231 g/mol. The van der Waals surface area contributed by atoms with E-state index in [9.17, 15) is 0 Å². The van der Waals surface area contributed by atoms with Gasteiger partial charge in [0.25, 0.3) is 0 Å². The van der Waals surface area contributed by atoms with Gasteiger partial charge in [-0.05, 0) is 26.2 Å². The Labute approximate surface area is 101 Å². The van der Waals surface area contributed by atoms with Gasteiger partial charge in [0.15, 0.2) is 6.29 Å². The maximum Gasteiger partial charge on any atom is 0.171 e. The van der Waals surface area contributed by atoms with Crippen LogP contribution in [0.1, 0.15) is 47.0 Å². The summed E-state index contributed by atoms with van der Waals surface area (Å²) in [6, 6.07) is 0.741. The molecule has 0 aromatic carbocycles. The standard InChI is InChI=1S/C13H29NO2/c1-10(2)8-7-9-11(3)14-12(4)13(15-5)16-6/h10-14H,7-9H2,1-6H3. The lowest BCUT2D eigenvalue weighted by molar-refractivity contribution is -0.120. The highest BCUT2D eigenvalue weighted by Crippen LogP contribution is 2.09. The number of hydrogen-bond acceptors (Lipinski definition) is 3. The second kappa shape index (κ2) is 8.97. The topological polar surface area (TPSA) is 30.5 Å². The average Bonchev–Trinajstić information content (AvgIpc) is 2.18. The van der Waals surface area contributed by atoms with Crippen molar-refractivity contribution in [2.45, 2.75) is 65.3 Å². The van der Waals surface area contributed by atoms with Crippen molar-refractivity contribution < 1.29 is 9.47 Å². The Kier molecular flexibility index (Phi) is 8.90. The van der Waals surface area contributed by atoms with Gasteiger partial charge in [0, 0.05) is 20.3 Å². The fourth-order valence-electron chi connectivity index (χ4n) is 1.95. The summed E-state index contributed by atoms with van der Waals surface area (Å²) in [7, 11) is 3.35. The molecule has 0 radical (unpaired) electrons. The van der Waals surface area contributed by atoms with Crippen LogP contribution in [0.15, 0.2) is 0 Å². The molecule has 0 bridgehead atoms. The number of rotatable bonds is 9. The predicted molar refractivity (Wildman–Crippen MR) is 68.6 cm³/mol. The molecule has 0 saturated heterocycles. The number of nitrogens with one attached hydrogen (secondary N) is 1. The molecule has 0 aromatic heterocycles. The van der Waals surface area contributed by atoms with Crippen molar-refractivity contribution in [1.29, 1.82) is 0 Å². The highest BCUT2D eigenvalue weighted by molar-refractivity contribution is 4.70. The van der Waals surface area contributed by atoms with Crippen molar-refractivity contribution in [2.75, 3.05) is 14.2 Å². The first-order valence-electron chi connectivity index (χ1n) is 6.32. The van der Waals surface area contributed by atoms with Gasteiger partial charge in [0.1, 0.15) is 0 Å². The van der Waals surface area contributed by atoms with Gasteiger partial charge in [-0.1, -0.05) is 26.7 Å². The highest BCUT2D eigenvalue weighted by atomic mass is 16.7. The van der Waals surface area contributed by atoms with Crippen LogP contribution in [0.5, 0.6) is 0 Å². The Hall–Kier alpha value is -0.120. The molecule has 1 N–H and O–H groups in total. The zero-order chi connectivity index (χ0) is 12.6. The Morgan fingerprint density at radius 1 is 0.938 bits per heavy atom. The van der Waals surface area contributed by atoms with Gasteiger partial charge in [0.2, 0.25) is 0 Å². The van der Waals surface area contributed by atoms with Gasteiger partial charge in [-0.3, -0.25) is 0 Å². The zero-order valence-corrected chi connectivity index (χ0v) is 11.7. The van der Waals surface area contributed by atoms with Crippen molar-refractivity contribution >= 4 is 0 Å². The van der Waals surface area contributed by atoms with E-state index in [4.69, 9.17) is 9.47 Å². The van der Waals surface area contributed by atoms with Crippen LogP contribution in [0.3, 0.4) is 0 Å². The maximum atomic E-state index is 5.22. The van der Waals surface area contributed by atoms with Crippen LogP contribution < -0.4 is 5.32 Å². The first kappa shape index (κ1) is 15.9. The summed E-state index contributed by atoms with van der Waals surface area (Å²) in [5.41, 5.74) is 0. The van der Waals surface area contributed by atoms with Crippen LogP contribution in [0.2, 0.25) is 0 Å². The molecule has 0 amide bonds. The van der Waals surface area contributed by atoms with E-state index in [1.165, 1.54) is 19.3 Å². The van der Waals surface area contributed by atoms with E-state index in [1.54, 1.807) is 14.2 Å². The molecule has 0 aliphatic rings. The summed E-state index contributed by atoms with van der Waals surface area (Å²) in [5.74, 6) is 0.801. The Morgan fingerprint density at radius 2 is 1.50 bits per heavy atom. The molecule has 98 valence electrons. The lowest BCUT2D eigenvalue weighted by atomic mass is 10.0. The fraction of sp³-hybridized carbons (Fsp3) is 1.00. The van der Waals surface area contributed by atoms with E-state index in [1.807, 2.05) is 0 Å². The average molecular weight is 231 g/mol. The van der Waals surface area contributed by atoms with Gasteiger partial charge < -0.3 is 14.8 Å². The lowest BCUT2D eigenvalue weighted by Gasteiger charge is -2.25. The predicted octanol–water partition coefficient (Wildman–Crippen LogP) is 2.80. The minimum Gasteiger partial charge on any atom is -0.354 e. The highest BCUT2D eigenvalue weighted by Gasteiger charge is 2.17. The third kappa shape index (κ3) is 7.20. The molecule has 0 rings (SSSR count). The van der Waals surface area contributed by atoms with Crippen molar-refractivity contribution in [3.05, 3.63) is 0 Å². The molecule has 0 aromatic rings. The molecule has 2 atom stereocenters. The summed E-state index contributed by atoms with van der Waals surface area (Å²) in [4.78, 5) is 0. The quantitative estimate of drug-likeness (QED) is 0.619. The van der Waals surface area contributed by atoms with Gasteiger partial charge in [-0.15, -0.1) is 0 Å². The van der Waals surface area contributed by atoms with Crippen molar-refractivity contribution in [2.24, 2.45) is 5.92 Å². The third-order valence-electron chi connectivity index (χ3n) is 2.84. The van der Waals surface area contributed by atoms with Crippen molar-refractivity contribution in [1.82, 2.24) is 5.32 Å². The third-order valence-corrected chi connectivity index (χ3v) is 2.84. The van der Waals surface area contributed by atoms with Crippen LogP contribution in [0, 0.1) is 5.92 Å². The second-order valence-electron chi connectivity index (χ2n) is 5.02. The number of methoxy groups -OCH3 is 2. The first-order valence-corrected chi connectivity index (χ1v) is 6.32. The minimum absolute atomic E-state index is 0.160. The van der Waals surface area contributed by atoms with Gasteiger partial charge in [-0.2, -0.15) is 0 Å². The Balaban J connectivity index is 3.72. The molecular formula is C13H29NO2. The van der Waals surface area contributed by atoms with E-state index in [0.29, 0.717) is 6.04 Å². The molecule has 16 heavy (non-hydrogen) atoms. The molecule has 3 nitrogen and oxygen atoms in total. The summed E-state index contributed by atoms with van der Waals surface area (Å²) in [5, 5.41) is 3.51. The summed E-state index contributed by atoms with van der Waals surface area (Å²) in [6.45, 7) is 8.86. The van der Waals surface area contributed by atoms with E-state index < -0.39 is 0 Å². The first-order chi connectivity index (χ1) is 7.51. The molecule has 0 aliphatic carbocycles. The second-order valence-corrected chi connectivity index (χ2v) is 5.02. The van der Waals surface area contributed by atoms with Crippen LogP contribution in [-0.2, 0) is 9.47 Å². The molecule has 0 fully saturated rings. The van der Waals surface area contributed by atoms with Crippen LogP contribution in [-0.4, -0.2) is 32.6 Å². The smallest absolute Gasteiger partial charge is 0.171 e. The number of ether oxygens (including phenoxy) is 2. The van der Waals surface area contributed by atoms with Crippen LogP contribution in [0.4, 0.5) is 0 Å². The van der Waals surface area contributed by atoms with E-state index >= 15 is 0 Å². The fourth-order valence-corrected chi connectivity index (χ4v) is 1.95. The largest absolute Gasteiger partial charge is 0.354 e. The van der Waals surface area contributed by atoms with Crippen LogP contribution in [0.25, 0.3) is 0 Å². The molecule has 0 aliphatic heterocycles. The van der Waals surface area contributed by atoms with Crippen molar-refractivity contribution in [3.63, 3.8) is 0 Å². The molecule has 0 spiro atoms. The summed E-state index contributed by atoms with van der Waals surface area (Å²) in [6.07, 6.45) is 3.64. The Morgan fingerprint density at radius 3 is 1.94 bits per heavy atom. The zero-order valence-electron chi connectivity index (χ0n) is 11.7. The molecule has 0 saturated carbocycles. The van der Waals surface area contributed by atoms with E-state index in [0.717, 1.165) is 5.92 Å². The Bertz CT molecular complexity index is 158. The molecule has 3 heteroatoms. The van der Waals surface area contributed by atoms with Gasteiger partial charge >= 0.3 is 0 Å². The van der Waals surface area contributed by atoms with Gasteiger partial charge in [-0.25, -0.2) is 0 Å². The number of hydrogen-bond donors (Lipinski definition) is 1. The summed E-state index contributed by atoms with van der Waals surface area (Å²) < 4.78 is 10.4. The minimum atomic E-state index is -0.160. The van der Waals surface area contributed by atoms with E-state index in [-0.39, 0.29) is 12.3 Å². The van der Waals surface area contributed by atoms with Crippen molar-refractivity contribution in [3.8, 4) is 0 Å². The molecule has 0 heterocycles. The SMILES string of the molecule is COC(OC)C(C)NC(C)CCCC(C)C. The lowest BCUT2D eigenvalue weighted by Crippen LogP contribution is -2.44. The maximum absolute atomic E-state index is 5.22. The van der Waals surface area contributed by atoms with Gasteiger partial charge in [0.05, 0.1) is 6.04 Å².